The maximum atomic E-state index is 12.5. The number of rotatable bonds is 2. The van der Waals surface area contributed by atoms with E-state index in [4.69, 9.17) is 0 Å². The summed E-state index contributed by atoms with van der Waals surface area (Å²) >= 11 is 0. The van der Waals surface area contributed by atoms with Crippen molar-refractivity contribution in [3.63, 3.8) is 0 Å². The molecular weight excluding hydrogens is 151 g/mol. The molecule has 1 heteroatoms. The third kappa shape index (κ3) is 1.94. The van der Waals surface area contributed by atoms with Crippen LogP contribution in [0.15, 0.2) is 30.8 Å². The van der Waals surface area contributed by atoms with E-state index in [0.717, 1.165) is 11.1 Å². The molecule has 1 aromatic rings. The summed E-state index contributed by atoms with van der Waals surface area (Å²) in [6, 6.07) is 6.45. The van der Waals surface area contributed by atoms with Gasteiger partial charge in [-0.2, -0.15) is 0 Å². The Bertz CT molecular complexity index is 270. The van der Waals surface area contributed by atoms with Gasteiger partial charge < -0.3 is 0 Å². The third-order valence-electron chi connectivity index (χ3n) is 1.91. The number of hydrogen-bond donors (Lipinski definition) is 0. The van der Waals surface area contributed by atoms with Crippen molar-refractivity contribution in [2.24, 2.45) is 5.92 Å². The molecule has 0 amide bonds. The zero-order valence-electron chi connectivity index (χ0n) is 7.47. The molecule has 0 atom stereocenters. The predicted octanol–water partition coefficient (Wildman–Crippen LogP) is 3.49. The molecule has 64 valence electrons. The molecule has 0 bridgehead atoms. The summed E-state index contributed by atoms with van der Waals surface area (Å²) in [5.41, 5.74) is 2.07. The maximum Gasteiger partial charge on any atom is 0.123 e. The van der Waals surface area contributed by atoms with Crippen molar-refractivity contribution in [2.75, 3.05) is 0 Å². The Balaban J connectivity index is 2.90. The van der Waals surface area contributed by atoms with Crippen molar-refractivity contribution in [2.45, 2.75) is 13.8 Å². The van der Waals surface area contributed by atoms with E-state index in [-0.39, 0.29) is 5.82 Å². The second kappa shape index (κ2) is 3.53. The molecule has 0 saturated carbocycles. The molecule has 1 aromatic carbocycles. The lowest BCUT2D eigenvalue weighted by molar-refractivity contribution is 0.627. The number of benzene rings is 1. The second-order valence-corrected chi connectivity index (χ2v) is 3.19. The van der Waals surface area contributed by atoms with E-state index in [1.807, 2.05) is 0 Å². The second-order valence-electron chi connectivity index (χ2n) is 3.19. The van der Waals surface area contributed by atoms with E-state index < -0.39 is 0 Å². The van der Waals surface area contributed by atoms with E-state index in [0.29, 0.717) is 5.92 Å². The van der Waals surface area contributed by atoms with Crippen LogP contribution in [0.1, 0.15) is 19.4 Å². The molecule has 0 spiro atoms. The van der Waals surface area contributed by atoms with Gasteiger partial charge in [-0.3, -0.25) is 0 Å². The van der Waals surface area contributed by atoms with Crippen LogP contribution in [-0.4, -0.2) is 0 Å². The van der Waals surface area contributed by atoms with Gasteiger partial charge in [-0.15, -0.1) is 0 Å². The number of halogens is 1. The predicted molar refractivity (Wildman–Crippen MR) is 50.3 cm³/mol. The first-order valence-electron chi connectivity index (χ1n) is 4.06. The first-order chi connectivity index (χ1) is 5.61. The van der Waals surface area contributed by atoms with Crippen molar-refractivity contribution in [3.8, 4) is 0 Å². The lowest BCUT2D eigenvalue weighted by Gasteiger charge is -2.08. The minimum absolute atomic E-state index is 0.199. The van der Waals surface area contributed by atoms with Crippen molar-refractivity contribution in [1.29, 1.82) is 0 Å². The Hall–Kier alpha value is -1.11. The fourth-order valence-corrected chi connectivity index (χ4v) is 0.997. The molecule has 0 aliphatic rings. The first-order valence-corrected chi connectivity index (χ1v) is 4.06. The van der Waals surface area contributed by atoms with Gasteiger partial charge in [0.2, 0.25) is 0 Å². The minimum atomic E-state index is -0.199. The lowest BCUT2D eigenvalue weighted by atomic mass is 9.97. The molecule has 0 radical (unpaired) electrons. The van der Waals surface area contributed by atoms with Gasteiger partial charge in [-0.25, -0.2) is 4.39 Å². The van der Waals surface area contributed by atoms with Crippen LogP contribution in [0.3, 0.4) is 0 Å². The highest BCUT2D eigenvalue weighted by Crippen LogP contribution is 2.20. The average molecular weight is 164 g/mol. The van der Waals surface area contributed by atoms with Crippen molar-refractivity contribution in [1.82, 2.24) is 0 Å². The molecule has 12 heavy (non-hydrogen) atoms. The Labute approximate surface area is 72.7 Å². The minimum Gasteiger partial charge on any atom is -0.207 e. The van der Waals surface area contributed by atoms with E-state index in [1.54, 1.807) is 12.1 Å². The normalized spacial score (nSPS) is 10.3. The molecule has 1 rings (SSSR count). The molecule has 0 nitrogen and oxygen atoms in total. The van der Waals surface area contributed by atoms with E-state index in [9.17, 15) is 4.39 Å². The van der Waals surface area contributed by atoms with Crippen LogP contribution in [0.25, 0.3) is 5.57 Å². The molecule has 0 fully saturated rings. The van der Waals surface area contributed by atoms with Crippen LogP contribution in [0.5, 0.6) is 0 Å². The SMILES string of the molecule is C=C(c1ccc(F)cc1)C(C)C. The van der Waals surface area contributed by atoms with Crippen LogP contribution < -0.4 is 0 Å². The van der Waals surface area contributed by atoms with Crippen molar-refractivity contribution < 1.29 is 4.39 Å². The zero-order valence-corrected chi connectivity index (χ0v) is 7.47. The number of allylic oxidation sites excluding steroid dienone is 1. The summed E-state index contributed by atoms with van der Waals surface area (Å²) in [6.45, 7) is 8.08. The van der Waals surface area contributed by atoms with Gasteiger partial charge in [0.05, 0.1) is 0 Å². The summed E-state index contributed by atoms with van der Waals surface area (Å²) in [7, 11) is 0. The third-order valence-corrected chi connectivity index (χ3v) is 1.91. The van der Waals surface area contributed by atoms with Crippen molar-refractivity contribution in [3.05, 3.63) is 42.2 Å². The van der Waals surface area contributed by atoms with Crippen LogP contribution in [-0.2, 0) is 0 Å². The van der Waals surface area contributed by atoms with Gasteiger partial charge in [0.25, 0.3) is 0 Å². The van der Waals surface area contributed by atoms with Crippen LogP contribution in [0.2, 0.25) is 0 Å². The highest BCUT2D eigenvalue weighted by molar-refractivity contribution is 5.64. The zero-order chi connectivity index (χ0) is 9.14. The number of hydrogen-bond acceptors (Lipinski definition) is 0. The van der Waals surface area contributed by atoms with Gasteiger partial charge in [0.1, 0.15) is 5.82 Å². The largest absolute Gasteiger partial charge is 0.207 e. The van der Waals surface area contributed by atoms with Gasteiger partial charge >= 0.3 is 0 Å². The summed E-state index contributed by atoms with van der Waals surface area (Å²) in [4.78, 5) is 0. The highest BCUT2D eigenvalue weighted by atomic mass is 19.1. The summed E-state index contributed by atoms with van der Waals surface area (Å²) in [6.07, 6.45) is 0. The monoisotopic (exact) mass is 164 g/mol. The van der Waals surface area contributed by atoms with E-state index in [2.05, 4.69) is 20.4 Å². The fraction of sp³-hybridized carbons (Fsp3) is 0.273. The molecule has 0 aliphatic heterocycles. The lowest BCUT2D eigenvalue weighted by Crippen LogP contribution is -1.91. The van der Waals surface area contributed by atoms with Crippen molar-refractivity contribution >= 4 is 5.57 Å². The van der Waals surface area contributed by atoms with E-state index in [1.165, 1.54) is 12.1 Å². The van der Waals surface area contributed by atoms with Crippen LogP contribution in [0, 0.1) is 11.7 Å². The fourth-order valence-electron chi connectivity index (χ4n) is 0.997. The van der Waals surface area contributed by atoms with Gasteiger partial charge in [-0.1, -0.05) is 32.6 Å². The molecule has 0 aliphatic carbocycles. The molecule has 0 aromatic heterocycles. The molecule has 0 unspecified atom stereocenters. The molecule has 0 saturated heterocycles. The Morgan fingerprint density at radius 2 is 1.75 bits per heavy atom. The van der Waals surface area contributed by atoms with Crippen LogP contribution in [0.4, 0.5) is 4.39 Å². The maximum absolute atomic E-state index is 12.5. The van der Waals surface area contributed by atoms with Crippen LogP contribution >= 0.6 is 0 Å². The summed E-state index contributed by atoms with van der Waals surface area (Å²) < 4.78 is 12.5. The van der Waals surface area contributed by atoms with Gasteiger partial charge in [-0.05, 0) is 29.2 Å². The highest BCUT2D eigenvalue weighted by Gasteiger charge is 2.02. The molecule has 0 heterocycles. The molecule has 0 N–H and O–H groups in total. The van der Waals surface area contributed by atoms with E-state index >= 15 is 0 Å². The first kappa shape index (κ1) is 8.98. The summed E-state index contributed by atoms with van der Waals surface area (Å²) in [5.74, 6) is 0.214. The Kier molecular flexibility index (Phi) is 2.64. The topological polar surface area (TPSA) is 0 Å². The quantitative estimate of drug-likeness (QED) is 0.627. The summed E-state index contributed by atoms with van der Waals surface area (Å²) in [5, 5.41) is 0. The van der Waals surface area contributed by atoms with Gasteiger partial charge in [0.15, 0.2) is 0 Å². The molecular formula is C11H13F. The standard InChI is InChI=1S/C11H13F/c1-8(2)9(3)10-4-6-11(12)7-5-10/h4-8H,3H2,1-2H3. The Morgan fingerprint density at radius 1 is 1.25 bits per heavy atom. The Morgan fingerprint density at radius 3 is 2.17 bits per heavy atom. The average Bonchev–Trinajstić information content (AvgIpc) is 2.04. The smallest absolute Gasteiger partial charge is 0.123 e. The van der Waals surface area contributed by atoms with Gasteiger partial charge in [0, 0.05) is 0 Å².